The van der Waals surface area contributed by atoms with Crippen LogP contribution in [0, 0.1) is 0 Å². The Kier molecular flexibility index (Phi) is 3.93. The number of piperazine rings is 1. The molecule has 0 aromatic heterocycles. The quantitative estimate of drug-likeness (QED) is 0.856. The molecule has 3 heteroatoms. The van der Waals surface area contributed by atoms with E-state index < -0.39 is 0 Å². The molecule has 1 aliphatic heterocycles. The van der Waals surface area contributed by atoms with Gasteiger partial charge in [-0.15, -0.1) is 0 Å². The molecule has 0 saturated carbocycles. The second-order valence-corrected chi connectivity index (χ2v) is 5.75. The van der Waals surface area contributed by atoms with Crippen LogP contribution in [0.3, 0.4) is 0 Å². The van der Waals surface area contributed by atoms with Crippen molar-refractivity contribution < 1.29 is 5.11 Å². The molecule has 1 heterocycles. The number of nitrogens with zero attached hydrogens (tertiary/aromatic N) is 1. The van der Waals surface area contributed by atoms with E-state index in [1.54, 1.807) is 0 Å². The first-order valence-electron chi connectivity index (χ1n) is 6.77. The number of benzene rings is 1. The first-order chi connectivity index (χ1) is 8.55. The Morgan fingerprint density at radius 2 is 2.00 bits per heavy atom. The van der Waals surface area contributed by atoms with Crippen LogP contribution in [0.2, 0.25) is 0 Å². The van der Waals surface area contributed by atoms with Crippen LogP contribution in [0.15, 0.2) is 24.3 Å². The summed E-state index contributed by atoms with van der Waals surface area (Å²) in [4.78, 5) is 2.32. The number of aliphatic hydroxyl groups excluding tert-OH is 1. The molecule has 1 aromatic carbocycles. The highest BCUT2D eigenvalue weighted by Gasteiger charge is 2.32. The largest absolute Gasteiger partial charge is 0.394 e. The molecule has 0 aliphatic carbocycles. The minimum absolute atomic E-state index is 0.0924. The van der Waals surface area contributed by atoms with Gasteiger partial charge in [0.05, 0.1) is 12.6 Å². The molecule has 0 amide bonds. The van der Waals surface area contributed by atoms with E-state index in [2.05, 4.69) is 55.3 Å². The average molecular weight is 248 g/mol. The van der Waals surface area contributed by atoms with Crippen molar-refractivity contribution in [3.05, 3.63) is 29.8 Å². The van der Waals surface area contributed by atoms with Crippen molar-refractivity contribution in [1.82, 2.24) is 5.32 Å². The normalized spacial score (nSPS) is 23.1. The van der Waals surface area contributed by atoms with Gasteiger partial charge in [0, 0.05) is 24.3 Å². The standard InChI is InChI=1S/C15H24N2O/c1-4-12-5-7-13(8-6-12)17-11-15(2,3)16-9-14(17)10-18/h5-8,14,16,18H,4,9-11H2,1-3H3. The first-order valence-corrected chi connectivity index (χ1v) is 6.77. The SMILES string of the molecule is CCc1ccc(N2CC(C)(C)NCC2CO)cc1. The van der Waals surface area contributed by atoms with Gasteiger partial charge in [-0.2, -0.15) is 0 Å². The second-order valence-electron chi connectivity index (χ2n) is 5.75. The molecular formula is C15H24N2O. The topological polar surface area (TPSA) is 35.5 Å². The molecule has 18 heavy (non-hydrogen) atoms. The third-order valence-electron chi connectivity index (χ3n) is 3.71. The zero-order valence-corrected chi connectivity index (χ0v) is 11.6. The molecule has 2 rings (SSSR count). The first kappa shape index (κ1) is 13.4. The van der Waals surface area contributed by atoms with Crippen LogP contribution in [-0.2, 0) is 6.42 Å². The smallest absolute Gasteiger partial charge is 0.0647 e. The van der Waals surface area contributed by atoms with Gasteiger partial charge in [-0.05, 0) is 38.0 Å². The summed E-state index contributed by atoms with van der Waals surface area (Å²) in [5, 5.41) is 13.0. The van der Waals surface area contributed by atoms with Crippen LogP contribution >= 0.6 is 0 Å². The van der Waals surface area contributed by atoms with Gasteiger partial charge in [-0.25, -0.2) is 0 Å². The number of anilines is 1. The van der Waals surface area contributed by atoms with Crippen LogP contribution in [0.1, 0.15) is 26.3 Å². The summed E-state index contributed by atoms with van der Waals surface area (Å²) >= 11 is 0. The van der Waals surface area contributed by atoms with E-state index in [1.165, 1.54) is 11.3 Å². The van der Waals surface area contributed by atoms with Crippen molar-refractivity contribution >= 4 is 5.69 Å². The highest BCUT2D eigenvalue weighted by Crippen LogP contribution is 2.23. The van der Waals surface area contributed by atoms with Crippen LogP contribution in [0.25, 0.3) is 0 Å². The van der Waals surface area contributed by atoms with Crippen LogP contribution in [0.4, 0.5) is 5.69 Å². The van der Waals surface area contributed by atoms with Gasteiger partial charge in [-0.3, -0.25) is 0 Å². The van der Waals surface area contributed by atoms with Gasteiger partial charge in [0.15, 0.2) is 0 Å². The van der Waals surface area contributed by atoms with Crippen molar-refractivity contribution in [3.8, 4) is 0 Å². The molecule has 1 aliphatic rings. The molecule has 0 spiro atoms. The van der Waals surface area contributed by atoms with E-state index in [-0.39, 0.29) is 18.2 Å². The fraction of sp³-hybridized carbons (Fsp3) is 0.600. The van der Waals surface area contributed by atoms with Gasteiger partial charge in [0.25, 0.3) is 0 Å². The third-order valence-corrected chi connectivity index (χ3v) is 3.71. The Labute approximate surface area is 110 Å². The van der Waals surface area contributed by atoms with Crippen molar-refractivity contribution in [3.63, 3.8) is 0 Å². The minimum atomic E-state index is 0.0924. The van der Waals surface area contributed by atoms with Crippen LogP contribution in [-0.4, -0.2) is 36.4 Å². The highest BCUT2D eigenvalue weighted by molar-refractivity contribution is 5.50. The number of hydrogen-bond acceptors (Lipinski definition) is 3. The van der Waals surface area contributed by atoms with Crippen LogP contribution in [0.5, 0.6) is 0 Å². The molecule has 2 N–H and O–H groups in total. The van der Waals surface area contributed by atoms with Gasteiger partial charge < -0.3 is 15.3 Å². The summed E-state index contributed by atoms with van der Waals surface area (Å²) in [5.74, 6) is 0. The maximum absolute atomic E-state index is 9.51. The fourth-order valence-corrected chi connectivity index (χ4v) is 2.50. The Bertz CT molecular complexity index is 386. The van der Waals surface area contributed by atoms with Crippen LogP contribution < -0.4 is 10.2 Å². The Morgan fingerprint density at radius 3 is 2.56 bits per heavy atom. The van der Waals surface area contributed by atoms with Gasteiger partial charge >= 0.3 is 0 Å². The number of hydrogen-bond donors (Lipinski definition) is 2. The molecule has 3 nitrogen and oxygen atoms in total. The molecular weight excluding hydrogens is 224 g/mol. The summed E-state index contributed by atoms with van der Waals surface area (Å²) < 4.78 is 0. The minimum Gasteiger partial charge on any atom is -0.394 e. The number of rotatable bonds is 3. The van der Waals surface area contributed by atoms with E-state index in [0.29, 0.717) is 0 Å². The van der Waals surface area contributed by atoms with Crippen molar-refractivity contribution in [2.45, 2.75) is 38.8 Å². The lowest BCUT2D eigenvalue weighted by Crippen LogP contribution is -2.62. The Morgan fingerprint density at radius 1 is 1.33 bits per heavy atom. The summed E-state index contributed by atoms with van der Waals surface area (Å²) in [6.07, 6.45) is 1.07. The van der Waals surface area contributed by atoms with E-state index >= 15 is 0 Å². The summed E-state index contributed by atoms with van der Waals surface area (Å²) in [7, 11) is 0. The van der Waals surface area contributed by atoms with E-state index in [4.69, 9.17) is 0 Å². The molecule has 0 radical (unpaired) electrons. The molecule has 1 saturated heterocycles. The lowest BCUT2D eigenvalue weighted by atomic mass is 9.98. The van der Waals surface area contributed by atoms with E-state index in [1.807, 2.05) is 0 Å². The maximum atomic E-state index is 9.51. The summed E-state index contributed by atoms with van der Waals surface area (Å²) in [5.41, 5.74) is 2.66. The fourth-order valence-electron chi connectivity index (χ4n) is 2.50. The van der Waals surface area contributed by atoms with E-state index in [9.17, 15) is 5.11 Å². The monoisotopic (exact) mass is 248 g/mol. The lowest BCUT2D eigenvalue weighted by molar-refractivity contribution is 0.215. The van der Waals surface area contributed by atoms with Gasteiger partial charge in [0.2, 0.25) is 0 Å². The second kappa shape index (κ2) is 5.29. The number of nitrogens with one attached hydrogen (secondary N) is 1. The molecule has 1 atom stereocenters. The van der Waals surface area contributed by atoms with Crippen molar-refractivity contribution in [2.24, 2.45) is 0 Å². The molecule has 100 valence electrons. The zero-order chi connectivity index (χ0) is 13.2. The lowest BCUT2D eigenvalue weighted by Gasteiger charge is -2.45. The molecule has 1 unspecified atom stereocenters. The molecule has 1 aromatic rings. The van der Waals surface area contributed by atoms with Gasteiger partial charge in [-0.1, -0.05) is 19.1 Å². The molecule has 1 fully saturated rings. The zero-order valence-electron chi connectivity index (χ0n) is 11.6. The third kappa shape index (κ3) is 2.85. The highest BCUT2D eigenvalue weighted by atomic mass is 16.3. The average Bonchev–Trinajstić information content (AvgIpc) is 2.38. The number of aliphatic hydroxyl groups is 1. The van der Waals surface area contributed by atoms with Crippen molar-refractivity contribution in [2.75, 3.05) is 24.6 Å². The molecule has 0 bridgehead atoms. The van der Waals surface area contributed by atoms with E-state index in [0.717, 1.165) is 19.5 Å². The Balaban J connectivity index is 2.21. The predicted octanol–water partition coefficient (Wildman–Crippen LogP) is 1.80. The van der Waals surface area contributed by atoms with Crippen molar-refractivity contribution in [1.29, 1.82) is 0 Å². The van der Waals surface area contributed by atoms with Gasteiger partial charge in [0.1, 0.15) is 0 Å². The maximum Gasteiger partial charge on any atom is 0.0647 e. The summed E-state index contributed by atoms with van der Waals surface area (Å²) in [6, 6.07) is 8.87. The Hall–Kier alpha value is -1.06. The summed E-state index contributed by atoms with van der Waals surface area (Å²) in [6.45, 7) is 8.52. The number of aryl methyl sites for hydroxylation is 1. The predicted molar refractivity (Wildman–Crippen MR) is 76.1 cm³/mol.